The number of para-hydroxylation sites is 1. The Labute approximate surface area is 240 Å². The molecular weight excluding hydrogens is 532 g/mol. The van der Waals surface area contributed by atoms with Gasteiger partial charge in [-0.05, 0) is 76.2 Å². The summed E-state index contributed by atoms with van der Waals surface area (Å²) in [5.41, 5.74) is 4.80. The molecule has 2 aromatic rings. The second-order valence-electron chi connectivity index (χ2n) is 8.89. The fourth-order valence-electron chi connectivity index (χ4n) is 3.88. The lowest BCUT2D eigenvalue weighted by atomic mass is 9.95. The van der Waals surface area contributed by atoms with Crippen LogP contribution in [0.15, 0.2) is 58.8 Å². The average Bonchev–Trinajstić information content (AvgIpc) is 2.93. The van der Waals surface area contributed by atoms with Crippen molar-refractivity contribution in [1.29, 1.82) is 0 Å². The number of allylic oxidation sites excluding steroid dienone is 1. The van der Waals surface area contributed by atoms with Crippen molar-refractivity contribution in [3.05, 3.63) is 64.9 Å². The quantitative estimate of drug-likeness (QED) is 0.142. The number of hydrogen-bond donors (Lipinski definition) is 3. The van der Waals surface area contributed by atoms with Crippen LogP contribution >= 0.6 is 12.2 Å². The second kappa shape index (κ2) is 14.9. The van der Waals surface area contributed by atoms with E-state index in [4.69, 9.17) is 31.2 Å². The Bertz CT molecular complexity index is 1280. The zero-order valence-corrected chi connectivity index (χ0v) is 24.2. The highest BCUT2D eigenvalue weighted by Crippen LogP contribution is 2.33. The molecule has 1 heterocycles. The third-order valence-corrected chi connectivity index (χ3v) is 6.15. The number of amides is 1. The van der Waals surface area contributed by atoms with Crippen LogP contribution in [0.25, 0.3) is 0 Å². The topological polar surface area (TPSA) is 120 Å². The van der Waals surface area contributed by atoms with Gasteiger partial charge in [-0.3, -0.25) is 4.79 Å². The first-order chi connectivity index (χ1) is 19.3. The minimum absolute atomic E-state index is 0.0575. The molecule has 0 saturated heterocycles. The Morgan fingerprint density at radius 3 is 2.58 bits per heavy atom. The maximum Gasteiger partial charge on any atom is 0.338 e. The fraction of sp³-hybridized carbons (Fsp3) is 0.379. The number of carbonyl (C=O) groups excluding carboxylic acids is 2. The molecule has 0 spiro atoms. The van der Waals surface area contributed by atoms with E-state index in [1.54, 1.807) is 38.1 Å². The van der Waals surface area contributed by atoms with Crippen molar-refractivity contribution in [3.8, 4) is 17.2 Å². The standard InChI is InChI=1S/C29H36N4O6S/c1-6-18(4)39-23-14-13-20(15-24(23)36-7-2)16-30-33-25(34)17-38-22-12-10-9-11-21(22)27-26(28(35)37-8-3)19(5)31-29(40)32-27/h9-16,18,27H,6-8,17H2,1-5H3,(H,33,34)(H2,31,32,40)/t18-,27-/m0/s1. The molecule has 0 unspecified atom stereocenters. The highest BCUT2D eigenvalue weighted by Gasteiger charge is 2.32. The number of carbonyl (C=O) groups is 2. The van der Waals surface area contributed by atoms with Crippen molar-refractivity contribution in [1.82, 2.24) is 16.1 Å². The van der Waals surface area contributed by atoms with Crippen LogP contribution in [0.2, 0.25) is 0 Å². The number of hydrogen-bond acceptors (Lipinski definition) is 8. The van der Waals surface area contributed by atoms with Gasteiger partial charge in [-0.1, -0.05) is 25.1 Å². The summed E-state index contributed by atoms with van der Waals surface area (Å²) in [7, 11) is 0. The fourth-order valence-corrected chi connectivity index (χ4v) is 4.15. The van der Waals surface area contributed by atoms with Crippen molar-refractivity contribution >= 4 is 35.4 Å². The Morgan fingerprint density at radius 1 is 1.07 bits per heavy atom. The molecule has 0 aliphatic carbocycles. The highest BCUT2D eigenvalue weighted by molar-refractivity contribution is 7.80. The van der Waals surface area contributed by atoms with E-state index < -0.39 is 17.9 Å². The molecule has 40 heavy (non-hydrogen) atoms. The van der Waals surface area contributed by atoms with Gasteiger partial charge in [-0.25, -0.2) is 10.2 Å². The molecule has 0 radical (unpaired) electrons. The Balaban J connectivity index is 1.67. The van der Waals surface area contributed by atoms with E-state index in [-0.39, 0.29) is 19.3 Å². The first kappa shape index (κ1) is 30.4. The molecule has 0 saturated carbocycles. The maximum absolute atomic E-state index is 12.7. The lowest BCUT2D eigenvalue weighted by Gasteiger charge is -2.30. The van der Waals surface area contributed by atoms with Crippen molar-refractivity contribution in [2.24, 2.45) is 5.10 Å². The number of benzene rings is 2. The van der Waals surface area contributed by atoms with Crippen LogP contribution in [0.1, 0.15) is 58.2 Å². The van der Waals surface area contributed by atoms with Gasteiger partial charge in [0.15, 0.2) is 23.2 Å². The normalized spacial score (nSPS) is 15.6. The molecule has 2 aromatic carbocycles. The van der Waals surface area contributed by atoms with E-state index in [1.807, 2.05) is 32.0 Å². The van der Waals surface area contributed by atoms with Crippen molar-refractivity contribution in [2.75, 3.05) is 19.8 Å². The third-order valence-electron chi connectivity index (χ3n) is 5.93. The van der Waals surface area contributed by atoms with Gasteiger partial charge in [0, 0.05) is 11.3 Å². The summed E-state index contributed by atoms with van der Waals surface area (Å²) in [6, 6.07) is 11.9. The van der Waals surface area contributed by atoms with Gasteiger partial charge < -0.3 is 29.6 Å². The monoisotopic (exact) mass is 568 g/mol. The molecule has 214 valence electrons. The van der Waals surface area contributed by atoms with E-state index in [1.165, 1.54) is 6.21 Å². The molecule has 11 heteroatoms. The van der Waals surface area contributed by atoms with Crippen LogP contribution in [0.5, 0.6) is 17.2 Å². The van der Waals surface area contributed by atoms with Gasteiger partial charge in [0.1, 0.15) is 5.75 Å². The van der Waals surface area contributed by atoms with E-state index in [0.717, 1.165) is 12.0 Å². The molecule has 1 aliphatic rings. The summed E-state index contributed by atoms with van der Waals surface area (Å²) in [4.78, 5) is 25.2. The van der Waals surface area contributed by atoms with Crippen LogP contribution in [0.3, 0.4) is 0 Å². The Morgan fingerprint density at radius 2 is 1.85 bits per heavy atom. The van der Waals surface area contributed by atoms with Crippen LogP contribution < -0.4 is 30.3 Å². The number of nitrogens with one attached hydrogen (secondary N) is 3. The van der Waals surface area contributed by atoms with Crippen LogP contribution in [0.4, 0.5) is 0 Å². The number of hydrazone groups is 1. The van der Waals surface area contributed by atoms with Crippen molar-refractivity contribution < 1.29 is 28.5 Å². The van der Waals surface area contributed by atoms with Gasteiger partial charge in [0.2, 0.25) is 0 Å². The number of rotatable bonds is 13. The predicted molar refractivity (Wildman–Crippen MR) is 157 cm³/mol. The Kier molecular flexibility index (Phi) is 11.3. The minimum Gasteiger partial charge on any atom is -0.490 e. The van der Waals surface area contributed by atoms with Gasteiger partial charge in [-0.2, -0.15) is 5.10 Å². The first-order valence-corrected chi connectivity index (χ1v) is 13.6. The van der Waals surface area contributed by atoms with E-state index >= 15 is 0 Å². The van der Waals surface area contributed by atoms with Gasteiger partial charge in [-0.15, -0.1) is 0 Å². The zero-order chi connectivity index (χ0) is 29.1. The summed E-state index contributed by atoms with van der Waals surface area (Å²) in [6.07, 6.45) is 2.44. The molecule has 0 aromatic heterocycles. The van der Waals surface area contributed by atoms with Crippen LogP contribution in [0, 0.1) is 0 Å². The molecule has 1 amide bonds. The van der Waals surface area contributed by atoms with E-state index in [2.05, 4.69) is 28.1 Å². The predicted octanol–water partition coefficient (Wildman–Crippen LogP) is 4.15. The molecule has 0 fully saturated rings. The lowest BCUT2D eigenvalue weighted by molar-refractivity contribution is -0.139. The second-order valence-corrected chi connectivity index (χ2v) is 9.29. The summed E-state index contributed by atoms with van der Waals surface area (Å²) >= 11 is 5.31. The number of thiocarbonyl (C=S) groups is 1. The lowest BCUT2D eigenvalue weighted by Crippen LogP contribution is -2.45. The molecule has 2 atom stereocenters. The van der Waals surface area contributed by atoms with Gasteiger partial charge in [0.25, 0.3) is 5.91 Å². The van der Waals surface area contributed by atoms with Crippen molar-refractivity contribution in [2.45, 2.75) is 53.2 Å². The molecule has 3 rings (SSSR count). The van der Waals surface area contributed by atoms with Gasteiger partial charge in [0.05, 0.1) is 37.1 Å². The molecular formula is C29H36N4O6S. The summed E-state index contributed by atoms with van der Waals surface area (Å²) in [5, 5.41) is 10.5. The largest absolute Gasteiger partial charge is 0.490 e. The van der Waals surface area contributed by atoms with E-state index in [9.17, 15) is 9.59 Å². The number of ether oxygens (including phenoxy) is 4. The van der Waals surface area contributed by atoms with Crippen LogP contribution in [-0.4, -0.2) is 49.1 Å². The average molecular weight is 569 g/mol. The SMILES string of the molecule is CCOC(=O)C1=C(C)NC(=S)N[C@H]1c1ccccc1OCC(=O)NN=Cc1ccc(O[C@@H](C)CC)c(OCC)c1. The summed E-state index contributed by atoms with van der Waals surface area (Å²) in [6.45, 7) is 9.86. The van der Waals surface area contributed by atoms with Crippen LogP contribution in [-0.2, 0) is 14.3 Å². The highest BCUT2D eigenvalue weighted by atomic mass is 32.1. The smallest absolute Gasteiger partial charge is 0.338 e. The van der Waals surface area contributed by atoms with Gasteiger partial charge >= 0.3 is 5.97 Å². The first-order valence-electron chi connectivity index (χ1n) is 13.2. The molecule has 3 N–H and O–H groups in total. The summed E-state index contributed by atoms with van der Waals surface area (Å²) in [5.74, 6) is 0.747. The number of esters is 1. The van der Waals surface area contributed by atoms with Crippen molar-refractivity contribution in [3.63, 3.8) is 0 Å². The maximum atomic E-state index is 12.7. The minimum atomic E-state index is -0.614. The molecule has 0 bridgehead atoms. The summed E-state index contributed by atoms with van der Waals surface area (Å²) < 4.78 is 22.7. The van der Waals surface area contributed by atoms with E-state index in [0.29, 0.717) is 45.8 Å². The zero-order valence-electron chi connectivity index (χ0n) is 23.4. The third kappa shape index (κ3) is 8.19. The number of nitrogens with zero attached hydrogens (tertiary/aromatic N) is 1. The molecule has 1 aliphatic heterocycles. The Hall–Kier alpha value is -4.12. The molecule has 10 nitrogen and oxygen atoms in total.